The third-order valence-electron chi connectivity index (χ3n) is 3.20. The third kappa shape index (κ3) is 6.87. The highest BCUT2D eigenvalue weighted by atomic mass is 16.6. The largest absolute Gasteiger partial charge is 0.504 e. The molecule has 0 unspecified atom stereocenters. The molecule has 0 saturated heterocycles. The number of phenols is 2. The number of nitrogens with two attached hydrogens (primary N) is 1. The molecule has 0 radical (unpaired) electrons. The van der Waals surface area contributed by atoms with Crippen LogP contribution >= 0.6 is 0 Å². The molecule has 0 heterocycles. The Bertz CT molecular complexity index is 806. The molecular weight excluding hydrogens is 356 g/mol. The molecule has 10 heteroatoms. The highest BCUT2D eigenvalue weighted by Crippen LogP contribution is 2.36. The smallest absolute Gasteiger partial charge is 0.315 e. The van der Waals surface area contributed by atoms with E-state index in [1.807, 2.05) is 0 Å². The van der Waals surface area contributed by atoms with Gasteiger partial charge in [-0.3, -0.25) is 19.7 Å². The van der Waals surface area contributed by atoms with E-state index in [2.05, 4.69) is 12.3 Å². The van der Waals surface area contributed by atoms with Gasteiger partial charge in [0.15, 0.2) is 5.75 Å². The van der Waals surface area contributed by atoms with Gasteiger partial charge in [-0.1, -0.05) is 6.58 Å². The molecule has 0 atom stereocenters. The predicted molar refractivity (Wildman–Crippen MR) is 97.3 cm³/mol. The van der Waals surface area contributed by atoms with Gasteiger partial charge in [0, 0.05) is 19.2 Å². The maximum Gasteiger partial charge on any atom is 0.315 e. The second kappa shape index (κ2) is 10.9. The van der Waals surface area contributed by atoms with Crippen LogP contribution in [-0.4, -0.2) is 44.9 Å². The molecule has 0 aromatic heterocycles. The first-order valence-electron chi connectivity index (χ1n) is 7.66. The van der Waals surface area contributed by atoms with Gasteiger partial charge in [-0.05, 0) is 37.6 Å². The molecule has 0 aliphatic heterocycles. The zero-order valence-corrected chi connectivity index (χ0v) is 14.9. The van der Waals surface area contributed by atoms with Crippen LogP contribution in [-0.2, 0) is 9.59 Å². The number of carbonyl (C=O) groups excluding carboxylic acids is 2. The van der Waals surface area contributed by atoms with Gasteiger partial charge in [0.05, 0.1) is 4.92 Å². The lowest BCUT2D eigenvalue weighted by Crippen LogP contribution is -2.31. The van der Waals surface area contributed by atoms with E-state index in [1.54, 1.807) is 19.9 Å². The monoisotopic (exact) mass is 376 g/mol. The third-order valence-corrected chi connectivity index (χ3v) is 3.20. The molecular formula is C17H20N4O6. The first-order chi connectivity index (χ1) is 12.6. The number of benzene rings is 1. The van der Waals surface area contributed by atoms with Crippen LogP contribution in [0.25, 0.3) is 6.08 Å². The van der Waals surface area contributed by atoms with Gasteiger partial charge in [0.2, 0.25) is 11.7 Å². The SMILES string of the molecule is C=CC(N)=O.CCN(CC)C(=O)C(C#N)=Cc1cc(O)c(O)c([N+](=O)[O-])c1. The number of nitro benzene ring substituents is 1. The van der Waals surface area contributed by atoms with Crippen molar-refractivity contribution >= 4 is 23.6 Å². The average Bonchev–Trinajstić information content (AvgIpc) is 2.63. The summed E-state index contributed by atoms with van der Waals surface area (Å²) >= 11 is 0. The minimum atomic E-state index is -0.870. The summed E-state index contributed by atoms with van der Waals surface area (Å²) in [6.07, 6.45) is 2.19. The summed E-state index contributed by atoms with van der Waals surface area (Å²) in [6, 6.07) is 3.75. The van der Waals surface area contributed by atoms with E-state index in [4.69, 9.17) is 5.26 Å². The number of nitriles is 1. The molecule has 0 aliphatic rings. The van der Waals surface area contributed by atoms with E-state index >= 15 is 0 Å². The number of aromatic hydroxyl groups is 2. The van der Waals surface area contributed by atoms with Crippen molar-refractivity contribution in [2.45, 2.75) is 13.8 Å². The van der Waals surface area contributed by atoms with E-state index in [0.29, 0.717) is 13.1 Å². The van der Waals surface area contributed by atoms with E-state index in [-0.39, 0.29) is 11.1 Å². The van der Waals surface area contributed by atoms with Gasteiger partial charge in [-0.15, -0.1) is 0 Å². The Balaban J connectivity index is 0.00000119. The summed E-state index contributed by atoms with van der Waals surface area (Å²) in [7, 11) is 0. The average molecular weight is 376 g/mol. The van der Waals surface area contributed by atoms with Crippen molar-refractivity contribution in [3.05, 3.63) is 46.0 Å². The number of primary amides is 1. The van der Waals surface area contributed by atoms with Crippen LogP contribution in [0.4, 0.5) is 5.69 Å². The van der Waals surface area contributed by atoms with Crippen molar-refractivity contribution in [1.82, 2.24) is 4.90 Å². The molecule has 10 nitrogen and oxygen atoms in total. The molecule has 0 spiro atoms. The standard InChI is InChI=1S/C14H15N3O5.C3H5NO/c1-3-16(4-2)14(20)10(8-15)5-9-6-11(17(21)22)13(19)12(18)7-9;1-2-3(4)5/h5-7,18-19H,3-4H2,1-2H3;2H,1H2,(H2,4,5). The molecule has 0 aliphatic carbocycles. The van der Waals surface area contributed by atoms with Crippen molar-refractivity contribution in [3.8, 4) is 17.6 Å². The lowest BCUT2D eigenvalue weighted by atomic mass is 10.1. The fraction of sp³-hybridized carbons (Fsp3) is 0.235. The van der Waals surface area contributed by atoms with Crippen LogP contribution in [0.5, 0.6) is 11.5 Å². The quantitative estimate of drug-likeness (QED) is 0.221. The fourth-order valence-corrected chi connectivity index (χ4v) is 1.84. The number of phenolic OH excluding ortho intramolecular Hbond substituents is 2. The number of amides is 2. The maximum atomic E-state index is 12.1. The maximum absolute atomic E-state index is 12.1. The molecule has 27 heavy (non-hydrogen) atoms. The molecule has 1 rings (SSSR count). The normalized spacial score (nSPS) is 10.0. The van der Waals surface area contributed by atoms with Crippen molar-refractivity contribution < 1.29 is 24.7 Å². The molecule has 1 aromatic rings. The van der Waals surface area contributed by atoms with Gasteiger partial charge in [-0.2, -0.15) is 5.26 Å². The number of likely N-dealkylation sites (N-methyl/N-ethyl adjacent to an activating group) is 1. The van der Waals surface area contributed by atoms with Gasteiger partial charge >= 0.3 is 5.69 Å². The summed E-state index contributed by atoms with van der Waals surface area (Å²) in [5, 5.41) is 38.8. The highest BCUT2D eigenvalue weighted by Gasteiger charge is 2.20. The topological polar surface area (TPSA) is 171 Å². The van der Waals surface area contributed by atoms with Crippen LogP contribution in [0.15, 0.2) is 30.4 Å². The second-order valence-electron chi connectivity index (χ2n) is 4.92. The Hall–Kier alpha value is -3.87. The van der Waals surface area contributed by atoms with E-state index < -0.39 is 33.9 Å². The fourth-order valence-electron chi connectivity index (χ4n) is 1.84. The Labute approximate surface area is 155 Å². The summed E-state index contributed by atoms with van der Waals surface area (Å²) < 4.78 is 0. The Kier molecular flexibility index (Phi) is 9.32. The molecule has 144 valence electrons. The van der Waals surface area contributed by atoms with Crippen molar-refractivity contribution in [1.29, 1.82) is 5.26 Å². The number of carbonyl (C=O) groups is 2. The van der Waals surface area contributed by atoms with Crippen molar-refractivity contribution in [2.24, 2.45) is 5.73 Å². The number of nitro groups is 1. The minimum Gasteiger partial charge on any atom is -0.504 e. The molecule has 0 saturated carbocycles. The highest BCUT2D eigenvalue weighted by molar-refractivity contribution is 6.01. The first kappa shape index (κ1) is 23.1. The zero-order chi connectivity index (χ0) is 21.1. The predicted octanol–water partition coefficient (Wildman–Crippen LogP) is 1.44. The number of hydrogen-bond donors (Lipinski definition) is 3. The molecule has 2 amide bonds. The van der Waals surface area contributed by atoms with Gasteiger partial charge in [0.25, 0.3) is 5.91 Å². The lowest BCUT2D eigenvalue weighted by Gasteiger charge is -2.17. The van der Waals surface area contributed by atoms with Crippen molar-refractivity contribution in [3.63, 3.8) is 0 Å². The van der Waals surface area contributed by atoms with Gasteiger partial charge in [-0.25, -0.2) is 0 Å². The molecule has 4 N–H and O–H groups in total. The Morgan fingerprint density at radius 1 is 1.37 bits per heavy atom. The number of nitrogens with zero attached hydrogens (tertiary/aromatic N) is 3. The zero-order valence-electron chi connectivity index (χ0n) is 14.9. The van der Waals surface area contributed by atoms with Crippen LogP contribution in [0.1, 0.15) is 19.4 Å². The lowest BCUT2D eigenvalue weighted by molar-refractivity contribution is -0.386. The molecule has 0 bridgehead atoms. The summed E-state index contributed by atoms with van der Waals surface area (Å²) in [5.41, 5.74) is 3.67. The molecule has 1 aromatic carbocycles. The number of hydrogen-bond acceptors (Lipinski definition) is 7. The van der Waals surface area contributed by atoms with Crippen LogP contribution in [0.2, 0.25) is 0 Å². The van der Waals surface area contributed by atoms with Crippen molar-refractivity contribution in [2.75, 3.05) is 13.1 Å². The van der Waals surface area contributed by atoms with E-state index in [1.165, 1.54) is 4.90 Å². The summed E-state index contributed by atoms with van der Waals surface area (Å²) in [6.45, 7) is 7.42. The van der Waals surface area contributed by atoms with Crippen LogP contribution in [0.3, 0.4) is 0 Å². The minimum absolute atomic E-state index is 0.0686. The number of rotatable bonds is 6. The summed E-state index contributed by atoms with van der Waals surface area (Å²) in [5.74, 6) is -2.56. The van der Waals surface area contributed by atoms with Gasteiger partial charge < -0.3 is 20.8 Å². The second-order valence-corrected chi connectivity index (χ2v) is 4.92. The van der Waals surface area contributed by atoms with Crippen LogP contribution < -0.4 is 5.73 Å². The first-order valence-corrected chi connectivity index (χ1v) is 7.66. The Morgan fingerprint density at radius 2 is 1.89 bits per heavy atom. The Morgan fingerprint density at radius 3 is 2.26 bits per heavy atom. The van der Waals surface area contributed by atoms with E-state index in [0.717, 1.165) is 24.3 Å². The van der Waals surface area contributed by atoms with Crippen LogP contribution in [0, 0.1) is 21.4 Å². The summed E-state index contributed by atoms with van der Waals surface area (Å²) in [4.78, 5) is 32.9. The molecule has 0 fully saturated rings. The van der Waals surface area contributed by atoms with E-state index in [9.17, 15) is 29.9 Å². The van der Waals surface area contributed by atoms with Gasteiger partial charge in [0.1, 0.15) is 11.6 Å².